The number of hydrogen-bond acceptors (Lipinski definition) is 5. The van der Waals surface area contributed by atoms with Crippen LogP contribution < -0.4 is 5.73 Å². The number of piperidine rings is 1. The average Bonchev–Trinajstić information content (AvgIpc) is 3.23. The number of anilines is 1. The number of carbonyl (C=O) groups is 1. The van der Waals surface area contributed by atoms with E-state index < -0.39 is 0 Å². The van der Waals surface area contributed by atoms with Gasteiger partial charge in [0, 0.05) is 29.9 Å². The van der Waals surface area contributed by atoms with Crippen molar-refractivity contribution < 1.29 is 4.79 Å². The SMILES string of the molecule is Nc1ncc(-c2cccc(Cl)c2)c([C@@H]2CCCCN2CC(=O)N2CCCC2)n1. The first-order valence-electron chi connectivity index (χ1n) is 10.0. The molecular weight excluding hydrogens is 374 g/mol. The lowest BCUT2D eigenvalue weighted by atomic mass is 9.94. The first kappa shape index (κ1) is 19.2. The predicted molar refractivity (Wildman–Crippen MR) is 111 cm³/mol. The van der Waals surface area contributed by atoms with Crippen LogP contribution in [0.3, 0.4) is 0 Å². The quantitative estimate of drug-likeness (QED) is 0.851. The molecule has 148 valence electrons. The second-order valence-electron chi connectivity index (χ2n) is 7.61. The Hall–Kier alpha value is -2.18. The van der Waals surface area contributed by atoms with Crippen LogP contribution in [0.4, 0.5) is 5.95 Å². The minimum atomic E-state index is 0.0552. The maximum absolute atomic E-state index is 12.8. The summed E-state index contributed by atoms with van der Waals surface area (Å²) in [6, 6.07) is 7.76. The molecule has 2 aromatic rings. The second kappa shape index (κ2) is 8.45. The van der Waals surface area contributed by atoms with Gasteiger partial charge in [-0.3, -0.25) is 9.69 Å². The summed E-state index contributed by atoms with van der Waals surface area (Å²) < 4.78 is 0. The van der Waals surface area contributed by atoms with Crippen LogP contribution >= 0.6 is 11.6 Å². The monoisotopic (exact) mass is 399 g/mol. The molecule has 4 rings (SSSR count). The van der Waals surface area contributed by atoms with Crippen LogP contribution in [0, 0.1) is 0 Å². The number of aromatic nitrogens is 2. The second-order valence-corrected chi connectivity index (χ2v) is 8.04. The van der Waals surface area contributed by atoms with Gasteiger partial charge in [-0.2, -0.15) is 0 Å². The standard InChI is InChI=1S/C21H26ClN5O/c22-16-7-5-6-15(12-16)17-13-24-21(23)25-20(17)18-8-1-2-11-27(18)14-19(28)26-9-3-4-10-26/h5-7,12-13,18H,1-4,8-11,14H2,(H2,23,24,25)/t18-/m0/s1. The van der Waals surface area contributed by atoms with Gasteiger partial charge in [0.15, 0.2) is 0 Å². The van der Waals surface area contributed by atoms with Crippen LogP contribution in [0.25, 0.3) is 11.1 Å². The van der Waals surface area contributed by atoms with Gasteiger partial charge in [-0.25, -0.2) is 9.97 Å². The van der Waals surface area contributed by atoms with Crippen molar-refractivity contribution >= 4 is 23.5 Å². The molecule has 0 unspecified atom stereocenters. The fourth-order valence-electron chi connectivity index (χ4n) is 4.27. The van der Waals surface area contributed by atoms with E-state index in [0.29, 0.717) is 11.6 Å². The number of nitrogens with two attached hydrogens (primary N) is 1. The van der Waals surface area contributed by atoms with Gasteiger partial charge in [0.2, 0.25) is 11.9 Å². The molecule has 2 fully saturated rings. The van der Waals surface area contributed by atoms with Gasteiger partial charge in [-0.15, -0.1) is 0 Å². The largest absolute Gasteiger partial charge is 0.368 e. The van der Waals surface area contributed by atoms with Gasteiger partial charge < -0.3 is 10.6 Å². The number of nitrogen functional groups attached to an aromatic ring is 1. The summed E-state index contributed by atoms with van der Waals surface area (Å²) >= 11 is 6.21. The normalized spacial score (nSPS) is 20.5. The summed E-state index contributed by atoms with van der Waals surface area (Å²) in [6.45, 7) is 3.09. The Morgan fingerprint density at radius 3 is 2.75 bits per heavy atom. The summed E-state index contributed by atoms with van der Waals surface area (Å²) in [5.41, 5.74) is 8.74. The first-order chi connectivity index (χ1) is 13.6. The Bertz CT molecular complexity index is 852. The van der Waals surface area contributed by atoms with Gasteiger partial charge in [0.1, 0.15) is 0 Å². The molecule has 1 atom stereocenters. The molecule has 0 spiro atoms. The van der Waals surface area contributed by atoms with Crippen LogP contribution in [-0.2, 0) is 4.79 Å². The first-order valence-corrected chi connectivity index (χ1v) is 10.4. The lowest BCUT2D eigenvalue weighted by Gasteiger charge is -2.36. The van der Waals surface area contributed by atoms with Gasteiger partial charge >= 0.3 is 0 Å². The molecule has 1 aromatic heterocycles. The highest BCUT2D eigenvalue weighted by molar-refractivity contribution is 6.30. The summed E-state index contributed by atoms with van der Waals surface area (Å²) in [4.78, 5) is 25.8. The molecule has 0 radical (unpaired) electrons. The third-order valence-electron chi connectivity index (χ3n) is 5.70. The maximum Gasteiger partial charge on any atom is 0.236 e. The number of hydrogen-bond donors (Lipinski definition) is 1. The summed E-state index contributed by atoms with van der Waals surface area (Å²) in [5.74, 6) is 0.480. The molecule has 0 bridgehead atoms. The minimum absolute atomic E-state index is 0.0552. The van der Waals surface area contributed by atoms with E-state index in [9.17, 15) is 4.79 Å². The van der Waals surface area contributed by atoms with Crippen molar-refractivity contribution in [1.82, 2.24) is 19.8 Å². The summed E-state index contributed by atoms with van der Waals surface area (Å²) in [6.07, 6.45) is 7.15. The average molecular weight is 400 g/mol. The van der Waals surface area contributed by atoms with E-state index in [2.05, 4.69) is 14.9 Å². The molecule has 3 heterocycles. The van der Waals surface area contributed by atoms with Gasteiger partial charge in [0.25, 0.3) is 0 Å². The topological polar surface area (TPSA) is 75.3 Å². The van der Waals surface area contributed by atoms with Crippen molar-refractivity contribution in [2.45, 2.75) is 38.1 Å². The highest BCUT2D eigenvalue weighted by Crippen LogP contribution is 2.36. The maximum atomic E-state index is 12.8. The van der Waals surface area contributed by atoms with E-state index in [4.69, 9.17) is 17.3 Å². The van der Waals surface area contributed by atoms with Crippen LogP contribution in [0.5, 0.6) is 0 Å². The van der Waals surface area contributed by atoms with E-state index >= 15 is 0 Å². The number of amides is 1. The zero-order valence-electron chi connectivity index (χ0n) is 16.0. The summed E-state index contributed by atoms with van der Waals surface area (Å²) in [5, 5.41) is 0.671. The smallest absolute Gasteiger partial charge is 0.236 e. The van der Waals surface area contributed by atoms with Gasteiger partial charge in [-0.05, 0) is 49.9 Å². The van der Waals surface area contributed by atoms with Gasteiger partial charge in [-0.1, -0.05) is 30.2 Å². The number of rotatable bonds is 4. The minimum Gasteiger partial charge on any atom is -0.368 e. The lowest BCUT2D eigenvalue weighted by molar-refractivity contribution is -0.132. The third-order valence-corrected chi connectivity index (χ3v) is 5.93. The predicted octanol–water partition coefficient (Wildman–Crippen LogP) is 3.53. The zero-order chi connectivity index (χ0) is 19.5. The van der Waals surface area contributed by atoms with E-state index in [1.54, 1.807) is 6.20 Å². The molecule has 2 aliphatic rings. The van der Waals surface area contributed by atoms with Crippen molar-refractivity contribution in [3.63, 3.8) is 0 Å². The lowest BCUT2D eigenvalue weighted by Crippen LogP contribution is -2.43. The van der Waals surface area contributed by atoms with Crippen molar-refractivity contribution in [3.8, 4) is 11.1 Å². The Kier molecular flexibility index (Phi) is 5.78. The van der Waals surface area contributed by atoms with Crippen molar-refractivity contribution in [3.05, 3.63) is 41.2 Å². The van der Waals surface area contributed by atoms with Crippen LogP contribution in [0.2, 0.25) is 5.02 Å². The van der Waals surface area contributed by atoms with E-state index in [1.165, 1.54) is 0 Å². The van der Waals surface area contributed by atoms with Crippen LogP contribution in [0.15, 0.2) is 30.5 Å². The number of benzene rings is 1. The molecule has 28 heavy (non-hydrogen) atoms. The van der Waals surface area contributed by atoms with Crippen LogP contribution in [0.1, 0.15) is 43.8 Å². The van der Waals surface area contributed by atoms with Gasteiger partial charge in [0.05, 0.1) is 18.3 Å². The van der Waals surface area contributed by atoms with Crippen molar-refractivity contribution in [1.29, 1.82) is 0 Å². The number of carbonyl (C=O) groups excluding carboxylic acids is 1. The molecule has 6 nitrogen and oxygen atoms in total. The van der Waals surface area contributed by atoms with Crippen molar-refractivity contribution in [2.75, 3.05) is 31.9 Å². The Morgan fingerprint density at radius 2 is 1.96 bits per heavy atom. The molecule has 7 heteroatoms. The molecule has 2 aliphatic heterocycles. The fourth-order valence-corrected chi connectivity index (χ4v) is 4.46. The number of halogens is 1. The molecule has 2 saturated heterocycles. The number of likely N-dealkylation sites (tertiary alicyclic amines) is 2. The van der Waals surface area contributed by atoms with E-state index in [1.807, 2.05) is 29.2 Å². The molecule has 2 N–H and O–H groups in total. The van der Waals surface area contributed by atoms with E-state index in [0.717, 1.165) is 68.6 Å². The highest BCUT2D eigenvalue weighted by atomic mass is 35.5. The Morgan fingerprint density at radius 1 is 1.18 bits per heavy atom. The Labute approximate surface area is 170 Å². The fraction of sp³-hybridized carbons (Fsp3) is 0.476. The van der Waals surface area contributed by atoms with Crippen LogP contribution in [-0.4, -0.2) is 51.9 Å². The summed E-state index contributed by atoms with van der Waals surface area (Å²) in [7, 11) is 0. The molecule has 0 aliphatic carbocycles. The highest BCUT2D eigenvalue weighted by Gasteiger charge is 2.31. The molecule has 0 saturated carbocycles. The Balaban J connectivity index is 1.65. The molecular formula is C21H26ClN5O. The third kappa shape index (κ3) is 4.13. The van der Waals surface area contributed by atoms with Crippen molar-refractivity contribution in [2.24, 2.45) is 0 Å². The van der Waals surface area contributed by atoms with E-state index in [-0.39, 0.29) is 17.9 Å². The number of nitrogens with zero attached hydrogens (tertiary/aromatic N) is 4. The molecule has 1 aromatic carbocycles. The zero-order valence-corrected chi connectivity index (χ0v) is 16.7. The molecule has 1 amide bonds.